The molecule has 0 radical (unpaired) electrons. The largest absolute Gasteiger partial charge is 0.270 e. The van der Waals surface area contributed by atoms with E-state index in [0.29, 0.717) is 33.2 Å². The van der Waals surface area contributed by atoms with Gasteiger partial charge in [-0.25, -0.2) is 0 Å². The molecule has 0 aliphatic carbocycles. The van der Waals surface area contributed by atoms with Crippen LogP contribution in [0.2, 0.25) is 118 Å². The van der Waals surface area contributed by atoms with E-state index in [2.05, 4.69) is 217 Å². The predicted molar refractivity (Wildman–Crippen MR) is 312 cm³/mol. The lowest BCUT2D eigenvalue weighted by Crippen LogP contribution is -2.71. The normalized spacial score (nSPS) is 15.0. The lowest BCUT2D eigenvalue weighted by Gasteiger charge is -2.49. The van der Waals surface area contributed by atoms with Crippen LogP contribution in [0.5, 0.6) is 0 Å². The molecular weight excluding hydrogens is 980 g/mol. The molecule has 0 heterocycles. The minimum Gasteiger partial charge on any atom is -0.152 e. The molecule has 0 fully saturated rings. The summed E-state index contributed by atoms with van der Waals surface area (Å²) in [5.41, 5.74) is 15.7. The standard InChI is InChI=1S/C51H93BBr2Si7/c1-34(2)40-30-42(35(3)4)46(43(31-40)36(5)6)52(53)61(54,47-38(8)28-37(7)29-39(47)9)48-44(50(57(16,17)18)58(19,20)21)32-41(49(55(10,11)12)56(13,14)15)33-45(48)51(59(22,23)24)60(25,26)27/h28-36,49-51H,1-27H3. The van der Waals surface area contributed by atoms with Crippen molar-refractivity contribution in [3.63, 3.8) is 0 Å². The van der Waals surface area contributed by atoms with Gasteiger partial charge in [-0.05, 0) is 97.8 Å². The highest BCUT2D eigenvalue weighted by atomic mass is 79.9. The van der Waals surface area contributed by atoms with E-state index in [1.165, 1.54) is 33.4 Å². The van der Waals surface area contributed by atoms with Gasteiger partial charge in [-0.2, -0.15) is 15.8 Å². The van der Waals surface area contributed by atoms with Crippen LogP contribution < -0.4 is 15.8 Å². The molecule has 0 bridgehead atoms. The average Bonchev–Trinajstić information content (AvgIpc) is 2.98. The first-order chi connectivity index (χ1) is 27.1. The monoisotopic (exact) mass is 1070 g/mol. The van der Waals surface area contributed by atoms with E-state index in [1.54, 1.807) is 32.5 Å². The molecule has 0 saturated carbocycles. The van der Waals surface area contributed by atoms with Crippen LogP contribution in [0.25, 0.3) is 0 Å². The molecule has 3 aromatic rings. The van der Waals surface area contributed by atoms with Gasteiger partial charge in [-0.3, -0.25) is 0 Å². The number of halogens is 2. The highest BCUT2D eigenvalue weighted by Crippen LogP contribution is 2.46. The summed E-state index contributed by atoms with van der Waals surface area (Å²) in [4.78, 5) is 0. The first-order valence-corrected chi connectivity index (χ1v) is 50.6. The Morgan fingerprint density at radius 3 is 0.951 bits per heavy atom. The second-order valence-electron chi connectivity index (χ2n) is 27.0. The van der Waals surface area contributed by atoms with Crippen LogP contribution in [0.15, 0.2) is 36.4 Å². The molecule has 0 aliphatic rings. The second kappa shape index (κ2) is 19.1. The molecule has 1 unspecified atom stereocenters. The smallest absolute Gasteiger partial charge is 0.152 e. The van der Waals surface area contributed by atoms with Crippen molar-refractivity contribution in [2.75, 3.05) is 0 Å². The van der Waals surface area contributed by atoms with Gasteiger partial charge in [0.15, 0.2) is 6.56 Å². The molecule has 10 heteroatoms. The molecule has 3 rings (SSSR count). The van der Waals surface area contributed by atoms with Gasteiger partial charge in [-0.15, -0.1) is 15.3 Å². The van der Waals surface area contributed by atoms with E-state index in [9.17, 15) is 0 Å². The van der Waals surface area contributed by atoms with E-state index in [1.807, 2.05) is 0 Å². The molecule has 61 heavy (non-hydrogen) atoms. The third kappa shape index (κ3) is 12.0. The maximum Gasteiger partial charge on any atom is 0.270 e. The maximum absolute atomic E-state index is 5.26. The van der Waals surface area contributed by atoms with Gasteiger partial charge in [-0.1, -0.05) is 218 Å². The fraction of sp³-hybridized carbons (Fsp3) is 0.647. The van der Waals surface area contributed by atoms with Gasteiger partial charge in [0.05, 0.1) is 0 Å². The highest BCUT2D eigenvalue weighted by Gasteiger charge is 2.56. The maximum atomic E-state index is 5.26. The van der Waals surface area contributed by atoms with Gasteiger partial charge in [0.1, 0.15) is 0 Å². The van der Waals surface area contributed by atoms with E-state index in [-0.39, 0.29) is 5.13 Å². The first kappa shape index (κ1) is 55.5. The Morgan fingerprint density at radius 2 is 0.689 bits per heavy atom. The van der Waals surface area contributed by atoms with E-state index >= 15 is 0 Å². The molecule has 0 spiro atoms. The van der Waals surface area contributed by atoms with Crippen molar-refractivity contribution in [3.8, 4) is 0 Å². The van der Waals surface area contributed by atoms with E-state index in [4.69, 9.17) is 31.0 Å². The second-order valence-corrected chi connectivity index (χ2v) is 69.1. The van der Waals surface area contributed by atoms with Crippen molar-refractivity contribution in [1.82, 2.24) is 0 Å². The molecular formula is C51H93BBr2Si7. The highest BCUT2D eigenvalue weighted by molar-refractivity contribution is 9.36. The van der Waals surface area contributed by atoms with Gasteiger partial charge in [0.2, 0.25) is 0 Å². The summed E-state index contributed by atoms with van der Waals surface area (Å²) in [5, 5.41) is 5.40. The third-order valence-electron chi connectivity index (χ3n) is 13.6. The van der Waals surface area contributed by atoms with Crippen molar-refractivity contribution in [3.05, 3.63) is 86.5 Å². The molecule has 1 atom stereocenters. The summed E-state index contributed by atoms with van der Waals surface area (Å²) in [6.07, 6.45) is 0. The lowest BCUT2D eigenvalue weighted by molar-refractivity contribution is 0.813. The number of hydrogen-bond acceptors (Lipinski definition) is 0. The molecule has 3 aromatic carbocycles. The molecule has 342 valence electrons. The van der Waals surface area contributed by atoms with Crippen LogP contribution in [-0.4, -0.2) is 60.1 Å². The molecule has 0 amide bonds. The Kier molecular flexibility index (Phi) is 17.4. The minimum absolute atomic E-state index is 0.122. The number of hydrogen-bond donors (Lipinski definition) is 0. The van der Waals surface area contributed by atoms with Crippen molar-refractivity contribution in [2.24, 2.45) is 0 Å². The fourth-order valence-corrected chi connectivity index (χ4v) is 61.8. The zero-order valence-electron chi connectivity index (χ0n) is 44.8. The Morgan fingerprint density at radius 1 is 0.393 bits per heavy atom. The van der Waals surface area contributed by atoms with Crippen molar-refractivity contribution < 1.29 is 0 Å². The minimum atomic E-state index is -3.00. The zero-order valence-corrected chi connectivity index (χ0v) is 54.9. The average molecular weight is 1070 g/mol. The van der Waals surface area contributed by atoms with Crippen LogP contribution in [0.4, 0.5) is 0 Å². The van der Waals surface area contributed by atoms with Crippen LogP contribution in [-0.2, 0) is 0 Å². The van der Waals surface area contributed by atoms with Gasteiger partial charge < -0.3 is 0 Å². The summed E-state index contributed by atoms with van der Waals surface area (Å²) < 4.78 is 0. The predicted octanol–water partition coefficient (Wildman–Crippen LogP) is 16.3. The summed E-state index contributed by atoms with van der Waals surface area (Å²) in [6.45, 7) is 67.5. The topological polar surface area (TPSA) is 0 Å². The summed E-state index contributed by atoms with van der Waals surface area (Å²) in [5.74, 6) is 1.28. The van der Waals surface area contributed by atoms with Gasteiger partial charge in [0, 0.05) is 48.4 Å². The van der Waals surface area contributed by atoms with Gasteiger partial charge >= 0.3 is 0 Å². The Labute approximate surface area is 403 Å². The SMILES string of the molecule is Cc1cc(C)c([Si](Br)(B(Br)c2c(C(C)C)cc(C(C)C)cc2C(C)C)c2c(C([Si](C)(C)C)[Si](C)(C)C)cc(C([Si](C)(C)C)[Si](C)(C)C)cc2C([Si](C)(C)C)[Si](C)(C)C)c(C)c1. The fourth-order valence-electron chi connectivity index (χ4n) is 13.2. The van der Waals surface area contributed by atoms with Crippen molar-refractivity contribution in [1.29, 1.82) is 0 Å². The summed E-state index contributed by atoms with van der Waals surface area (Å²) in [6, 6.07) is 16.1. The Hall–Kier alpha value is 0.203. The van der Waals surface area contributed by atoms with Crippen LogP contribution in [0.3, 0.4) is 0 Å². The zero-order chi connectivity index (χ0) is 47.7. The molecule has 0 aliphatic heterocycles. The Bertz CT molecular complexity index is 1880. The van der Waals surface area contributed by atoms with E-state index in [0.717, 1.165) is 0 Å². The number of benzene rings is 3. The molecule has 0 aromatic heterocycles. The number of rotatable bonds is 16. The van der Waals surface area contributed by atoms with Crippen LogP contribution in [0.1, 0.15) is 125 Å². The van der Waals surface area contributed by atoms with Gasteiger partial charge in [0.25, 0.3) is 5.13 Å². The third-order valence-corrected chi connectivity index (χ3v) is 53.4. The van der Waals surface area contributed by atoms with Crippen LogP contribution >= 0.6 is 31.0 Å². The Balaban J connectivity index is 3.11. The van der Waals surface area contributed by atoms with Crippen LogP contribution in [0, 0.1) is 20.8 Å². The lowest BCUT2D eigenvalue weighted by atomic mass is 9.75. The summed E-state index contributed by atoms with van der Waals surface area (Å²) in [7, 11) is -10.5. The summed E-state index contributed by atoms with van der Waals surface area (Å²) >= 11 is 10.2. The quantitative estimate of drug-likeness (QED) is 0.0991. The number of aryl methyl sites for hydroxylation is 3. The molecule has 0 saturated heterocycles. The molecule has 0 nitrogen and oxygen atoms in total. The van der Waals surface area contributed by atoms with E-state index < -0.39 is 55.0 Å². The van der Waals surface area contributed by atoms with Crippen molar-refractivity contribution in [2.45, 2.75) is 213 Å². The first-order valence-electron chi connectivity index (χ1n) is 23.9. The van der Waals surface area contributed by atoms with Crippen molar-refractivity contribution >= 4 is 107 Å². The molecule has 0 N–H and O–H groups in total.